The Kier molecular flexibility index (Phi) is 5.81. The SMILES string of the molecule is Cl.O=C(c1nn(-c2cccc(Br)c2)c2c1CCC2)N1CCCNCC1. The molecule has 0 radical (unpaired) electrons. The fourth-order valence-corrected chi connectivity index (χ4v) is 4.02. The Bertz CT molecular complexity index is 768. The second-order valence-electron chi connectivity index (χ2n) is 6.41. The number of hydrogen-bond donors (Lipinski definition) is 1. The summed E-state index contributed by atoms with van der Waals surface area (Å²) in [7, 11) is 0. The van der Waals surface area contributed by atoms with Gasteiger partial charge in [0.25, 0.3) is 5.91 Å². The molecule has 0 saturated carbocycles. The molecule has 1 aliphatic carbocycles. The number of benzene rings is 1. The number of halogens is 2. The van der Waals surface area contributed by atoms with Crippen LogP contribution in [0.5, 0.6) is 0 Å². The van der Waals surface area contributed by atoms with Gasteiger partial charge in [-0.2, -0.15) is 5.10 Å². The maximum atomic E-state index is 13.0. The van der Waals surface area contributed by atoms with Gasteiger partial charge in [-0.3, -0.25) is 4.79 Å². The topological polar surface area (TPSA) is 50.2 Å². The molecular formula is C18H22BrClN4O. The van der Waals surface area contributed by atoms with Crippen LogP contribution in [0.15, 0.2) is 28.7 Å². The van der Waals surface area contributed by atoms with E-state index in [0.717, 1.165) is 67.6 Å². The van der Waals surface area contributed by atoms with Crippen molar-refractivity contribution in [1.82, 2.24) is 20.0 Å². The number of nitrogens with zero attached hydrogens (tertiary/aromatic N) is 3. The zero-order chi connectivity index (χ0) is 16.5. The van der Waals surface area contributed by atoms with E-state index in [2.05, 4.69) is 27.3 Å². The predicted molar refractivity (Wildman–Crippen MR) is 104 cm³/mol. The molecule has 2 heterocycles. The largest absolute Gasteiger partial charge is 0.336 e. The molecule has 2 aliphatic rings. The number of rotatable bonds is 2. The lowest BCUT2D eigenvalue weighted by Crippen LogP contribution is -2.35. The van der Waals surface area contributed by atoms with Gasteiger partial charge in [-0.15, -0.1) is 12.4 Å². The molecule has 1 saturated heterocycles. The van der Waals surface area contributed by atoms with Crippen LogP contribution in [0.2, 0.25) is 0 Å². The van der Waals surface area contributed by atoms with Crippen molar-refractivity contribution < 1.29 is 4.79 Å². The second-order valence-corrected chi connectivity index (χ2v) is 7.33. The number of hydrogen-bond acceptors (Lipinski definition) is 3. The Balaban J connectivity index is 0.00000182. The van der Waals surface area contributed by atoms with E-state index in [1.165, 1.54) is 5.69 Å². The van der Waals surface area contributed by atoms with Crippen molar-refractivity contribution in [2.45, 2.75) is 25.7 Å². The smallest absolute Gasteiger partial charge is 0.274 e. The minimum atomic E-state index is 0. The molecule has 1 aromatic carbocycles. The highest BCUT2D eigenvalue weighted by molar-refractivity contribution is 9.10. The van der Waals surface area contributed by atoms with Gasteiger partial charge in [-0.25, -0.2) is 4.68 Å². The monoisotopic (exact) mass is 424 g/mol. The number of fused-ring (bicyclic) bond motifs is 1. The van der Waals surface area contributed by atoms with E-state index in [1.807, 2.05) is 27.8 Å². The number of carbonyl (C=O) groups is 1. The molecule has 0 bridgehead atoms. The van der Waals surface area contributed by atoms with Crippen molar-refractivity contribution in [3.63, 3.8) is 0 Å². The van der Waals surface area contributed by atoms with Crippen LogP contribution < -0.4 is 5.32 Å². The van der Waals surface area contributed by atoms with Crippen molar-refractivity contribution in [2.75, 3.05) is 26.2 Å². The first-order chi connectivity index (χ1) is 11.7. The Labute approximate surface area is 162 Å². The third-order valence-electron chi connectivity index (χ3n) is 4.81. The van der Waals surface area contributed by atoms with Gasteiger partial charge < -0.3 is 10.2 Å². The van der Waals surface area contributed by atoms with Gasteiger partial charge in [0.1, 0.15) is 0 Å². The lowest BCUT2D eigenvalue weighted by molar-refractivity contribution is 0.0759. The summed E-state index contributed by atoms with van der Waals surface area (Å²) in [5.74, 6) is 0.0885. The van der Waals surface area contributed by atoms with Crippen LogP contribution in [0, 0.1) is 0 Å². The Morgan fingerprint density at radius 2 is 2.04 bits per heavy atom. The maximum Gasteiger partial charge on any atom is 0.274 e. The molecule has 7 heteroatoms. The molecule has 0 atom stereocenters. The van der Waals surface area contributed by atoms with Gasteiger partial charge >= 0.3 is 0 Å². The minimum Gasteiger partial charge on any atom is -0.336 e. The highest BCUT2D eigenvalue weighted by Crippen LogP contribution is 2.29. The van der Waals surface area contributed by atoms with Crippen molar-refractivity contribution in [3.05, 3.63) is 45.7 Å². The molecule has 4 rings (SSSR count). The summed E-state index contributed by atoms with van der Waals surface area (Å²) in [6.45, 7) is 3.41. The van der Waals surface area contributed by atoms with E-state index in [0.29, 0.717) is 5.69 Å². The fourth-order valence-electron chi connectivity index (χ4n) is 3.63. The van der Waals surface area contributed by atoms with Crippen LogP contribution in [0.4, 0.5) is 0 Å². The van der Waals surface area contributed by atoms with Crippen LogP contribution in [-0.4, -0.2) is 46.8 Å². The first kappa shape index (κ1) is 18.4. The molecular weight excluding hydrogens is 404 g/mol. The third-order valence-corrected chi connectivity index (χ3v) is 5.31. The molecule has 25 heavy (non-hydrogen) atoms. The molecule has 134 valence electrons. The third kappa shape index (κ3) is 3.61. The van der Waals surface area contributed by atoms with Crippen LogP contribution in [0.1, 0.15) is 34.6 Å². The highest BCUT2D eigenvalue weighted by Gasteiger charge is 2.29. The quantitative estimate of drug-likeness (QED) is 0.805. The van der Waals surface area contributed by atoms with E-state index < -0.39 is 0 Å². The van der Waals surface area contributed by atoms with Gasteiger partial charge in [0.15, 0.2) is 5.69 Å². The van der Waals surface area contributed by atoms with Crippen molar-refractivity contribution in [1.29, 1.82) is 0 Å². The molecule has 1 amide bonds. The van der Waals surface area contributed by atoms with Crippen LogP contribution in [0.25, 0.3) is 5.69 Å². The average Bonchev–Trinajstić information content (AvgIpc) is 3.07. The molecule has 1 aliphatic heterocycles. The first-order valence-corrected chi connectivity index (χ1v) is 9.40. The Morgan fingerprint density at radius 1 is 1.16 bits per heavy atom. The van der Waals surface area contributed by atoms with E-state index >= 15 is 0 Å². The number of aromatic nitrogens is 2. The molecule has 5 nitrogen and oxygen atoms in total. The van der Waals surface area contributed by atoms with E-state index in [9.17, 15) is 4.79 Å². The van der Waals surface area contributed by atoms with Crippen LogP contribution in [0.3, 0.4) is 0 Å². The molecule has 2 aromatic rings. The summed E-state index contributed by atoms with van der Waals surface area (Å²) in [6, 6.07) is 8.10. The number of carbonyl (C=O) groups excluding carboxylic acids is 1. The standard InChI is InChI=1S/C18H21BrN4O.ClH/c19-13-4-1-5-14(12-13)23-16-7-2-6-15(16)17(21-23)18(24)22-10-3-8-20-9-11-22;/h1,4-5,12,20H,2-3,6-11H2;1H. The minimum absolute atomic E-state index is 0. The number of nitrogens with one attached hydrogen (secondary N) is 1. The highest BCUT2D eigenvalue weighted by atomic mass is 79.9. The van der Waals surface area contributed by atoms with Gasteiger partial charge in [-0.05, 0) is 50.4 Å². The summed E-state index contributed by atoms with van der Waals surface area (Å²) in [5, 5.41) is 8.08. The predicted octanol–water partition coefficient (Wildman–Crippen LogP) is 2.98. The van der Waals surface area contributed by atoms with E-state index in [4.69, 9.17) is 5.10 Å². The number of amides is 1. The summed E-state index contributed by atoms with van der Waals surface area (Å²) in [4.78, 5) is 15.0. The van der Waals surface area contributed by atoms with Crippen LogP contribution in [-0.2, 0) is 12.8 Å². The van der Waals surface area contributed by atoms with Gasteiger partial charge in [0.05, 0.1) is 5.69 Å². The molecule has 1 N–H and O–H groups in total. The molecule has 1 aromatic heterocycles. The molecule has 0 unspecified atom stereocenters. The average molecular weight is 426 g/mol. The van der Waals surface area contributed by atoms with Crippen molar-refractivity contribution >= 4 is 34.2 Å². The van der Waals surface area contributed by atoms with Gasteiger partial charge in [-0.1, -0.05) is 22.0 Å². The second kappa shape index (κ2) is 7.89. The lowest BCUT2D eigenvalue weighted by Gasteiger charge is -2.19. The fraction of sp³-hybridized carbons (Fsp3) is 0.444. The summed E-state index contributed by atoms with van der Waals surface area (Å²) in [6.07, 6.45) is 4.05. The zero-order valence-corrected chi connectivity index (χ0v) is 16.4. The summed E-state index contributed by atoms with van der Waals surface area (Å²) < 4.78 is 2.99. The first-order valence-electron chi connectivity index (χ1n) is 8.61. The normalized spacial score (nSPS) is 16.9. The van der Waals surface area contributed by atoms with Crippen LogP contribution >= 0.6 is 28.3 Å². The van der Waals surface area contributed by atoms with Gasteiger partial charge in [0.2, 0.25) is 0 Å². The van der Waals surface area contributed by atoms with E-state index in [-0.39, 0.29) is 18.3 Å². The van der Waals surface area contributed by atoms with Crippen molar-refractivity contribution in [2.24, 2.45) is 0 Å². The van der Waals surface area contributed by atoms with Crippen molar-refractivity contribution in [3.8, 4) is 5.69 Å². The maximum absolute atomic E-state index is 13.0. The summed E-state index contributed by atoms with van der Waals surface area (Å²) in [5.41, 5.74) is 4.02. The summed E-state index contributed by atoms with van der Waals surface area (Å²) >= 11 is 3.52. The van der Waals surface area contributed by atoms with Gasteiger partial charge in [0, 0.05) is 35.4 Å². The lowest BCUT2D eigenvalue weighted by atomic mass is 10.2. The molecule has 1 fully saturated rings. The Hall–Kier alpha value is -1.37. The molecule has 0 spiro atoms. The van der Waals surface area contributed by atoms with E-state index in [1.54, 1.807) is 0 Å². The zero-order valence-electron chi connectivity index (χ0n) is 14.0. The Morgan fingerprint density at radius 3 is 2.88 bits per heavy atom.